The Labute approximate surface area is 136 Å². The first kappa shape index (κ1) is 18.0. The molecule has 2 rings (SSSR count). The van der Waals surface area contributed by atoms with Crippen LogP contribution < -0.4 is 0 Å². The van der Waals surface area contributed by atoms with Gasteiger partial charge in [0.15, 0.2) is 0 Å². The molecule has 0 bridgehead atoms. The molecule has 0 amide bonds. The highest BCUT2D eigenvalue weighted by molar-refractivity contribution is 5.52. The van der Waals surface area contributed by atoms with E-state index in [-0.39, 0.29) is 0 Å². The average molecular weight is 292 g/mol. The van der Waals surface area contributed by atoms with Gasteiger partial charge in [-0.3, -0.25) is 0 Å². The molecule has 0 atom stereocenters. The summed E-state index contributed by atoms with van der Waals surface area (Å²) >= 11 is 0. The molecule has 0 nitrogen and oxygen atoms in total. The van der Waals surface area contributed by atoms with E-state index in [0.29, 0.717) is 0 Å². The first-order chi connectivity index (χ1) is 10.8. The lowest BCUT2D eigenvalue weighted by Gasteiger charge is -1.99. The highest BCUT2D eigenvalue weighted by atomic mass is 14.0. The van der Waals surface area contributed by atoms with E-state index in [1.54, 1.807) is 0 Å². The van der Waals surface area contributed by atoms with E-state index in [0.717, 1.165) is 19.3 Å². The Morgan fingerprint density at radius 3 is 1.68 bits per heavy atom. The minimum absolute atomic E-state index is 1.11. The Morgan fingerprint density at radius 1 is 0.727 bits per heavy atom. The van der Waals surface area contributed by atoms with Crippen molar-refractivity contribution < 1.29 is 0 Å². The maximum absolute atomic E-state index is 2.28. The number of allylic oxidation sites excluding steroid dienone is 2. The summed E-state index contributed by atoms with van der Waals surface area (Å²) in [6.07, 6.45) is 10.0. The molecule has 2 aromatic rings. The van der Waals surface area contributed by atoms with E-state index in [1.165, 1.54) is 16.7 Å². The zero-order chi connectivity index (χ0) is 16.0. The Hall–Kier alpha value is -2.08. The van der Waals surface area contributed by atoms with Crippen molar-refractivity contribution in [2.75, 3.05) is 0 Å². The molecule has 0 fully saturated rings. The largest absolute Gasteiger partial charge is 0.0842 e. The molecule has 0 spiro atoms. The molecule has 0 N–H and O–H groups in total. The van der Waals surface area contributed by atoms with Crippen molar-refractivity contribution in [1.82, 2.24) is 0 Å². The van der Waals surface area contributed by atoms with Crippen molar-refractivity contribution in [1.29, 1.82) is 0 Å². The lowest BCUT2D eigenvalue weighted by atomic mass is 10.1. The summed E-state index contributed by atoms with van der Waals surface area (Å²) < 4.78 is 0. The second-order valence-electron chi connectivity index (χ2n) is 5.14. The third-order valence-corrected chi connectivity index (χ3v) is 3.42. The molecule has 0 saturated carbocycles. The molecule has 0 aromatic heterocycles. The molecule has 0 radical (unpaired) electrons. The molecule has 0 aliphatic rings. The zero-order valence-corrected chi connectivity index (χ0v) is 14.1. The van der Waals surface area contributed by atoms with Crippen LogP contribution in [0.4, 0.5) is 0 Å². The molecule has 0 heterocycles. The second-order valence-corrected chi connectivity index (χ2v) is 5.14. The van der Waals surface area contributed by atoms with Crippen LogP contribution in [0.1, 0.15) is 51.2 Å². The number of hydrogen-bond acceptors (Lipinski definition) is 0. The fourth-order valence-corrected chi connectivity index (χ4v) is 2.06. The third kappa shape index (κ3) is 7.64. The van der Waals surface area contributed by atoms with Crippen LogP contribution in [0.2, 0.25) is 0 Å². The van der Waals surface area contributed by atoms with E-state index < -0.39 is 0 Å². The smallest absolute Gasteiger partial charge is 0.0257 e. The van der Waals surface area contributed by atoms with Crippen molar-refractivity contribution in [2.45, 2.75) is 40.0 Å². The molecular weight excluding hydrogens is 264 g/mol. The average Bonchev–Trinajstić information content (AvgIpc) is 2.60. The van der Waals surface area contributed by atoms with E-state index in [4.69, 9.17) is 0 Å². The van der Waals surface area contributed by atoms with Crippen LogP contribution in [0.5, 0.6) is 0 Å². The van der Waals surface area contributed by atoms with Gasteiger partial charge in [-0.2, -0.15) is 0 Å². The summed E-state index contributed by atoms with van der Waals surface area (Å²) in [5, 5.41) is 0. The zero-order valence-electron chi connectivity index (χ0n) is 14.1. The van der Waals surface area contributed by atoms with E-state index >= 15 is 0 Å². The molecule has 2 aromatic carbocycles. The van der Waals surface area contributed by atoms with Gasteiger partial charge in [0.05, 0.1) is 0 Å². The lowest BCUT2D eigenvalue weighted by Crippen LogP contribution is -1.77. The highest BCUT2D eigenvalue weighted by Crippen LogP contribution is 2.11. The van der Waals surface area contributed by atoms with Crippen LogP contribution in [0, 0.1) is 0 Å². The second kappa shape index (κ2) is 11.6. The van der Waals surface area contributed by atoms with Crippen molar-refractivity contribution in [3.8, 4) is 0 Å². The SMILES string of the molecule is CCC(=Cc1ccccc1)CC.CCC=Cc1ccccc1. The Kier molecular flexibility index (Phi) is 9.45. The minimum atomic E-state index is 1.11. The fraction of sp³-hybridized carbons (Fsp3) is 0.273. The molecular formula is C22H28. The predicted molar refractivity (Wildman–Crippen MR) is 101 cm³/mol. The van der Waals surface area contributed by atoms with Crippen LogP contribution >= 0.6 is 0 Å². The molecule has 0 aliphatic carbocycles. The maximum atomic E-state index is 2.28. The Morgan fingerprint density at radius 2 is 1.23 bits per heavy atom. The minimum Gasteiger partial charge on any atom is -0.0842 e. The van der Waals surface area contributed by atoms with Gasteiger partial charge >= 0.3 is 0 Å². The van der Waals surface area contributed by atoms with Gasteiger partial charge in [-0.05, 0) is 30.4 Å². The Bertz CT molecular complexity index is 541. The monoisotopic (exact) mass is 292 g/mol. The molecule has 22 heavy (non-hydrogen) atoms. The summed E-state index contributed by atoms with van der Waals surface area (Å²) in [6, 6.07) is 20.8. The van der Waals surface area contributed by atoms with Gasteiger partial charge in [0.2, 0.25) is 0 Å². The highest BCUT2D eigenvalue weighted by Gasteiger charge is 1.90. The molecule has 0 unspecified atom stereocenters. The van der Waals surface area contributed by atoms with Gasteiger partial charge in [-0.1, -0.05) is 105 Å². The first-order valence-corrected chi connectivity index (χ1v) is 8.26. The number of rotatable bonds is 5. The van der Waals surface area contributed by atoms with Gasteiger partial charge in [0.1, 0.15) is 0 Å². The normalized spacial score (nSPS) is 9.95. The summed E-state index contributed by atoms with van der Waals surface area (Å²) in [5.74, 6) is 0. The van der Waals surface area contributed by atoms with Gasteiger partial charge < -0.3 is 0 Å². The lowest BCUT2D eigenvalue weighted by molar-refractivity contribution is 0.990. The molecule has 0 aliphatic heterocycles. The Balaban J connectivity index is 0.000000224. The fourth-order valence-electron chi connectivity index (χ4n) is 2.06. The number of hydrogen-bond donors (Lipinski definition) is 0. The van der Waals surface area contributed by atoms with Crippen molar-refractivity contribution in [2.24, 2.45) is 0 Å². The number of benzene rings is 2. The van der Waals surface area contributed by atoms with Gasteiger partial charge in [0, 0.05) is 0 Å². The van der Waals surface area contributed by atoms with Crippen LogP contribution in [0.25, 0.3) is 12.2 Å². The summed E-state index contributed by atoms with van der Waals surface area (Å²) in [7, 11) is 0. The van der Waals surface area contributed by atoms with Gasteiger partial charge in [-0.15, -0.1) is 0 Å². The van der Waals surface area contributed by atoms with Crippen LogP contribution in [0.15, 0.2) is 72.3 Å². The quantitative estimate of drug-likeness (QED) is 0.556. The van der Waals surface area contributed by atoms with E-state index in [1.807, 2.05) is 6.07 Å². The first-order valence-electron chi connectivity index (χ1n) is 8.26. The molecule has 0 saturated heterocycles. The summed E-state index contributed by atoms with van der Waals surface area (Å²) in [5.41, 5.74) is 4.11. The predicted octanol–water partition coefficient (Wildman–Crippen LogP) is 7.00. The third-order valence-electron chi connectivity index (χ3n) is 3.42. The van der Waals surface area contributed by atoms with Crippen LogP contribution in [0.3, 0.4) is 0 Å². The van der Waals surface area contributed by atoms with Crippen LogP contribution in [-0.4, -0.2) is 0 Å². The topological polar surface area (TPSA) is 0 Å². The van der Waals surface area contributed by atoms with Gasteiger partial charge in [0.25, 0.3) is 0 Å². The molecule has 0 heteroatoms. The maximum Gasteiger partial charge on any atom is -0.0257 e. The summed E-state index contributed by atoms with van der Waals surface area (Å²) in [4.78, 5) is 0. The van der Waals surface area contributed by atoms with Crippen molar-refractivity contribution >= 4 is 12.2 Å². The summed E-state index contributed by atoms with van der Waals surface area (Å²) in [6.45, 7) is 6.55. The standard InChI is InChI=1S/C12H16.C10H12/c1-3-11(4-2)10-12-8-6-5-7-9-12;1-2-3-7-10-8-5-4-6-9-10/h5-10H,3-4H2,1-2H3;3-9H,2H2,1H3. The van der Waals surface area contributed by atoms with Crippen LogP contribution in [-0.2, 0) is 0 Å². The molecule has 116 valence electrons. The van der Waals surface area contributed by atoms with Crippen molar-refractivity contribution in [3.05, 3.63) is 83.4 Å². The van der Waals surface area contributed by atoms with E-state index in [9.17, 15) is 0 Å². The van der Waals surface area contributed by atoms with E-state index in [2.05, 4.69) is 93.6 Å². The van der Waals surface area contributed by atoms with Gasteiger partial charge in [-0.25, -0.2) is 0 Å². The van der Waals surface area contributed by atoms with Crippen molar-refractivity contribution in [3.63, 3.8) is 0 Å².